The van der Waals surface area contributed by atoms with Gasteiger partial charge in [-0.2, -0.15) is 4.98 Å². The zero-order valence-electron chi connectivity index (χ0n) is 7.73. The summed E-state index contributed by atoms with van der Waals surface area (Å²) in [6.45, 7) is 0.173. The summed E-state index contributed by atoms with van der Waals surface area (Å²) in [5, 5.41) is 9.81. The van der Waals surface area contributed by atoms with Crippen LogP contribution in [0.5, 0.6) is 6.01 Å². The molecule has 0 amide bonds. The quantitative estimate of drug-likeness (QED) is 0.477. The maximum absolute atomic E-state index is 8.61. The van der Waals surface area contributed by atoms with Gasteiger partial charge in [-0.05, 0) is 6.42 Å². The predicted molar refractivity (Wildman–Crippen MR) is 56.0 cm³/mol. The molecule has 0 bridgehead atoms. The first-order valence-electron chi connectivity index (χ1n) is 4.08. The first-order valence-corrected chi connectivity index (χ1v) is 5.44. The van der Waals surface area contributed by atoms with Gasteiger partial charge in [0.15, 0.2) is 0 Å². The Morgan fingerprint density at radius 2 is 2.43 bits per heavy atom. The van der Waals surface area contributed by atoms with Crippen LogP contribution in [0.2, 0.25) is 5.02 Å². The molecule has 0 saturated carbocycles. The van der Waals surface area contributed by atoms with E-state index in [2.05, 4.69) is 9.97 Å². The van der Waals surface area contributed by atoms with Crippen LogP contribution >= 0.6 is 23.4 Å². The molecule has 78 valence electrons. The minimum atomic E-state index is 0.173. The van der Waals surface area contributed by atoms with Gasteiger partial charge in [0.2, 0.25) is 0 Å². The molecular weight excluding hydrogens is 224 g/mol. The normalized spacial score (nSPS) is 10.2. The van der Waals surface area contributed by atoms with Crippen molar-refractivity contribution >= 4 is 23.4 Å². The fraction of sp³-hybridized carbons (Fsp3) is 0.500. The smallest absolute Gasteiger partial charge is 0.317 e. The SMILES string of the molecule is COc1ncc(Cl)c(SCCCO)n1. The summed E-state index contributed by atoms with van der Waals surface area (Å²) < 4.78 is 4.87. The van der Waals surface area contributed by atoms with Crippen LogP contribution in [-0.2, 0) is 0 Å². The lowest BCUT2D eigenvalue weighted by Gasteiger charge is -2.03. The molecule has 0 aliphatic heterocycles. The summed E-state index contributed by atoms with van der Waals surface area (Å²) in [6.07, 6.45) is 2.22. The van der Waals surface area contributed by atoms with Gasteiger partial charge in [0.1, 0.15) is 5.03 Å². The van der Waals surface area contributed by atoms with Crippen LogP contribution in [0.15, 0.2) is 11.2 Å². The van der Waals surface area contributed by atoms with Crippen LogP contribution in [-0.4, -0.2) is 34.5 Å². The molecule has 1 aromatic rings. The predicted octanol–water partition coefficient (Wildman–Crippen LogP) is 1.61. The van der Waals surface area contributed by atoms with E-state index in [0.29, 0.717) is 22.5 Å². The van der Waals surface area contributed by atoms with Crippen molar-refractivity contribution in [1.29, 1.82) is 0 Å². The average molecular weight is 235 g/mol. The van der Waals surface area contributed by atoms with Gasteiger partial charge in [-0.25, -0.2) is 4.98 Å². The van der Waals surface area contributed by atoms with Gasteiger partial charge in [0, 0.05) is 12.4 Å². The summed E-state index contributed by atoms with van der Waals surface area (Å²) in [5.41, 5.74) is 0. The molecule has 0 saturated heterocycles. The van der Waals surface area contributed by atoms with Crippen LogP contribution in [0.3, 0.4) is 0 Å². The molecule has 1 aromatic heterocycles. The third kappa shape index (κ3) is 3.32. The van der Waals surface area contributed by atoms with Crippen LogP contribution < -0.4 is 4.74 Å². The van der Waals surface area contributed by atoms with Gasteiger partial charge < -0.3 is 9.84 Å². The zero-order valence-corrected chi connectivity index (χ0v) is 9.31. The Labute approximate surface area is 91.7 Å². The lowest BCUT2D eigenvalue weighted by Crippen LogP contribution is -1.94. The minimum Gasteiger partial charge on any atom is -0.467 e. The van der Waals surface area contributed by atoms with Crippen LogP contribution in [0, 0.1) is 0 Å². The second-order valence-corrected chi connectivity index (χ2v) is 3.93. The van der Waals surface area contributed by atoms with Gasteiger partial charge in [-0.15, -0.1) is 11.8 Å². The van der Waals surface area contributed by atoms with Gasteiger partial charge >= 0.3 is 6.01 Å². The van der Waals surface area contributed by atoms with E-state index < -0.39 is 0 Å². The fourth-order valence-corrected chi connectivity index (χ4v) is 1.82. The lowest BCUT2D eigenvalue weighted by molar-refractivity contribution is 0.296. The number of aliphatic hydroxyl groups is 1. The van der Waals surface area contributed by atoms with E-state index in [1.54, 1.807) is 0 Å². The Kier molecular flexibility index (Phi) is 5.00. The molecule has 0 aliphatic rings. The van der Waals surface area contributed by atoms with E-state index in [1.807, 2.05) is 0 Å². The number of ether oxygens (including phenoxy) is 1. The highest BCUT2D eigenvalue weighted by molar-refractivity contribution is 7.99. The second kappa shape index (κ2) is 6.06. The third-order valence-corrected chi connectivity index (χ3v) is 2.88. The maximum atomic E-state index is 8.61. The zero-order chi connectivity index (χ0) is 10.4. The molecule has 1 rings (SSSR count). The molecule has 0 fully saturated rings. The van der Waals surface area contributed by atoms with Crippen molar-refractivity contribution in [3.63, 3.8) is 0 Å². The summed E-state index contributed by atoms with van der Waals surface area (Å²) >= 11 is 7.35. The fourth-order valence-electron chi connectivity index (χ4n) is 0.769. The molecule has 1 N–H and O–H groups in total. The highest BCUT2D eigenvalue weighted by Gasteiger charge is 2.05. The number of thioether (sulfide) groups is 1. The van der Waals surface area contributed by atoms with Crippen LogP contribution in [0.4, 0.5) is 0 Å². The standard InChI is InChI=1S/C8H11ClN2O2S/c1-13-8-10-5-6(9)7(11-8)14-4-2-3-12/h5,12H,2-4H2,1H3. The molecule has 0 spiro atoms. The number of rotatable bonds is 5. The van der Waals surface area contributed by atoms with E-state index in [-0.39, 0.29) is 6.61 Å². The van der Waals surface area contributed by atoms with Gasteiger partial charge in [0.05, 0.1) is 18.3 Å². The molecule has 0 radical (unpaired) electrons. The van der Waals surface area contributed by atoms with E-state index in [4.69, 9.17) is 21.4 Å². The average Bonchev–Trinajstić information content (AvgIpc) is 2.21. The van der Waals surface area contributed by atoms with Gasteiger partial charge in [-0.3, -0.25) is 0 Å². The van der Waals surface area contributed by atoms with Crippen molar-refractivity contribution in [3.8, 4) is 6.01 Å². The highest BCUT2D eigenvalue weighted by Crippen LogP contribution is 2.25. The van der Waals surface area contributed by atoms with Gasteiger partial charge in [0.25, 0.3) is 0 Å². The number of halogens is 1. The van der Waals surface area contributed by atoms with Crippen LogP contribution in [0.25, 0.3) is 0 Å². The molecule has 0 unspecified atom stereocenters. The maximum Gasteiger partial charge on any atom is 0.317 e. The van der Waals surface area contributed by atoms with Crippen molar-refractivity contribution in [2.45, 2.75) is 11.4 Å². The van der Waals surface area contributed by atoms with Crippen molar-refractivity contribution in [3.05, 3.63) is 11.2 Å². The number of hydrogen-bond acceptors (Lipinski definition) is 5. The monoisotopic (exact) mass is 234 g/mol. The Hall–Kier alpha value is -0.520. The van der Waals surface area contributed by atoms with E-state index in [0.717, 1.165) is 5.75 Å². The number of methoxy groups -OCH3 is 1. The Bertz CT molecular complexity index is 299. The Morgan fingerprint density at radius 1 is 1.64 bits per heavy atom. The third-order valence-electron chi connectivity index (χ3n) is 1.41. The summed E-state index contributed by atoms with van der Waals surface area (Å²) in [4.78, 5) is 7.94. The topological polar surface area (TPSA) is 55.2 Å². The van der Waals surface area contributed by atoms with Crippen molar-refractivity contribution in [1.82, 2.24) is 9.97 Å². The largest absolute Gasteiger partial charge is 0.467 e. The number of hydrogen-bond donors (Lipinski definition) is 1. The first-order chi connectivity index (χ1) is 6.77. The number of aromatic nitrogens is 2. The van der Waals surface area contributed by atoms with Crippen molar-refractivity contribution < 1.29 is 9.84 Å². The van der Waals surface area contributed by atoms with E-state index >= 15 is 0 Å². The van der Waals surface area contributed by atoms with E-state index in [1.165, 1.54) is 25.1 Å². The first kappa shape index (κ1) is 11.6. The minimum absolute atomic E-state index is 0.173. The number of nitrogens with zero attached hydrogens (tertiary/aromatic N) is 2. The second-order valence-electron chi connectivity index (χ2n) is 2.44. The molecule has 4 nitrogen and oxygen atoms in total. The van der Waals surface area contributed by atoms with Crippen molar-refractivity contribution in [2.24, 2.45) is 0 Å². The lowest BCUT2D eigenvalue weighted by atomic mass is 10.5. The summed E-state index contributed by atoms with van der Waals surface area (Å²) in [5.74, 6) is 0.774. The Morgan fingerprint density at radius 3 is 3.07 bits per heavy atom. The number of aliphatic hydroxyl groups excluding tert-OH is 1. The highest BCUT2D eigenvalue weighted by atomic mass is 35.5. The summed E-state index contributed by atoms with van der Waals surface area (Å²) in [7, 11) is 1.51. The molecule has 0 aromatic carbocycles. The van der Waals surface area contributed by atoms with Crippen LogP contribution in [0.1, 0.15) is 6.42 Å². The summed E-state index contributed by atoms with van der Waals surface area (Å²) in [6, 6.07) is 0.306. The Balaban J connectivity index is 2.64. The van der Waals surface area contributed by atoms with Crippen molar-refractivity contribution in [2.75, 3.05) is 19.5 Å². The molecule has 6 heteroatoms. The molecule has 0 atom stereocenters. The molecule has 0 aliphatic carbocycles. The molecule has 14 heavy (non-hydrogen) atoms. The molecular formula is C8H11ClN2O2S. The molecule has 1 heterocycles. The van der Waals surface area contributed by atoms with E-state index in [9.17, 15) is 0 Å². The van der Waals surface area contributed by atoms with Gasteiger partial charge in [-0.1, -0.05) is 11.6 Å².